The molecule has 0 spiro atoms. The van der Waals surface area contributed by atoms with Crippen molar-refractivity contribution in [3.05, 3.63) is 54.2 Å². The largest absolute Gasteiger partial charge is 0.365 e. The van der Waals surface area contributed by atoms with Crippen molar-refractivity contribution in [3.8, 4) is 0 Å². The Morgan fingerprint density at radius 3 is 2.90 bits per heavy atom. The van der Waals surface area contributed by atoms with E-state index in [-0.39, 0.29) is 23.9 Å². The Morgan fingerprint density at radius 1 is 1.31 bits per heavy atom. The maximum atomic E-state index is 14.0. The van der Waals surface area contributed by atoms with Gasteiger partial charge in [0.15, 0.2) is 5.82 Å². The van der Waals surface area contributed by atoms with Gasteiger partial charge in [-0.2, -0.15) is 5.10 Å². The fourth-order valence-electron chi connectivity index (χ4n) is 4.01. The van der Waals surface area contributed by atoms with E-state index in [0.717, 1.165) is 16.5 Å². The van der Waals surface area contributed by atoms with Gasteiger partial charge in [-0.15, -0.1) is 0 Å². The Labute approximate surface area is 169 Å². The number of piperazine rings is 1. The van der Waals surface area contributed by atoms with Crippen LogP contribution < -0.4 is 10.2 Å². The summed E-state index contributed by atoms with van der Waals surface area (Å²) in [6.45, 7) is 5.63. The SMILES string of the molecule is CC(NC(=O)N1CCN(c2ccncc2F)C[C@H]1C)c1cccc2nn(C)cc12. The van der Waals surface area contributed by atoms with Crippen molar-refractivity contribution in [2.75, 3.05) is 24.5 Å². The summed E-state index contributed by atoms with van der Waals surface area (Å²) in [5.74, 6) is -0.337. The number of fused-ring (bicyclic) bond motifs is 1. The van der Waals surface area contributed by atoms with Gasteiger partial charge >= 0.3 is 6.03 Å². The Kier molecular flexibility index (Phi) is 5.08. The van der Waals surface area contributed by atoms with E-state index in [2.05, 4.69) is 15.4 Å². The second-order valence-electron chi connectivity index (χ2n) is 7.57. The molecule has 0 aliphatic carbocycles. The number of nitrogens with zero attached hydrogens (tertiary/aromatic N) is 5. The van der Waals surface area contributed by atoms with Gasteiger partial charge in [-0.25, -0.2) is 9.18 Å². The second kappa shape index (κ2) is 7.69. The van der Waals surface area contributed by atoms with Crippen LogP contribution in [-0.4, -0.2) is 51.4 Å². The first kappa shape index (κ1) is 19.2. The lowest BCUT2D eigenvalue weighted by Gasteiger charge is -2.41. The number of aryl methyl sites for hydroxylation is 1. The first-order valence-electron chi connectivity index (χ1n) is 9.78. The molecule has 3 heterocycles. The van der Waals surface area contributed by atoms with Crippen LogP contribution in [0.1, 0.15) is 25.5 Å². The van der Waals surface area contributed by atoms with E-state index in [0.29, 0.717) is 25.3 Å². The lowest BCUT2D eigenvalue weighted by Crippen LogP contribution is -2.57. The van der Waals surface area contributed by atoms with Crippen molar-refractivity contribution in [2.24, 2.45) is 7.05 Å². The van der Waals surface area contributed by atoms with Gasteiger partial charge in [0.2, 0.25) is 0 Å². The number of carbonyl (C=O) groups excluding carboxylic acids is 1. The molecule has 1 aromatic carbocycles. The van der Waals surface area contributed by atoms with Gasteiger partial charge in [0, 0.05) is 50.5 Å². The van der Waals surface area contributed by atoms with Crippen molar-refractivity contribution in [2.45, 2.75) is 25.9 Å². The topological polar surface area (TPSA) is 66.3 Å². The van der Waals surface area contributed by atoms with Gasteiger partial charge in [0.1, 0.15) is 0 Å². The maximum absolute atomic E-state index is 14.0. The highest BCUT2D eigenvalue weighted by Gasteiger charge is 2.29. The molecule has 1 saturated heterocycles. The number of carbonyl (C=O) groups is 1. The molecule has 152 valence electrons. The summed E-state index contributed by atoms with van der Waals surface area (Å²) in [7, 11) is 1.89. The molecule has 0 saturated carbocycles. The monoisotopic (exact) mass is 396 g/mol. The first-order chi connectivity index (χ1) is 13.9. The van der Waals surface area contributed by atoms with Crippen LogP contribution in [0.2, 0.25) is 0 Å². The van der Waals surface area contributed by atoms with Crippen molar-refractivity contribution in [3.63, 3.8) is 0 Å². The Morgan fingerprint density at radius 2 is 2.14 bits per heavy atom. The normalized spacial score (nSPS) is 18.1. The van der Waals surface area contributed by atoms with Crippen molar-refractivity contribution >= 4 is 22.6 Å². The molecule has 1 aliphatic rings. The maximum Gasteiger partial charge on any atom is 0.318 e. The van der Waals surface area contributed by atoms with E-state index in [9.17, 15) is 9.18 Å². The van der Waals surface area contributed by atoms with Crippen molar-refractivity contribution in [1.82, 2.24) is 25.0 Å². The number of anilines is 1. The molecule has 4 rings (SSSR count). The third-order valence-electron chi connectivity index (χ3n) is 5.48. The van der Waals surface area contributed by atoms with E-state index in [1.165, 1.54) is 6.20 Å². The highest BCUT2D eigenvalue weighted by atomic mass is 19.1. The molecule has 0 bridgehead atoms. The van der Waals surface area contributed by atoms with Crippen LogP contribution in [0.5, 0.6) is 0 Å². The van der Waals surface area contributed by atoms with Crippen LogP contribution in [-0.2, 0) is 7.05 Å². The minimum Gasteiger partial charge on any atom is -0.365 e. The zero-order chi connectivity index (χ0) is 20.5. The number of halogens is 1. The predicted molar refractivity (Wildman–Crippen MR) is 110 cm³/mol. The molecule has 2 amide bonds. The average molecular weight is 396 g/mol. The van der Waals surface area contributed by atoms with Crippen LogP contribution in [0, 0.1) is 5.82 Å². The molecule has 1 N–H and O–H groups in total. The second-order valence-corrected chi connectivity index (χ2v) is 7.57. The third-order valence-corrected chi connectivity index (χ3v) is 5.48. The number of amides is 2. The van der Waals surface area contributed by atoms with Crippen LogP contribution >= 0.6 is 0 Å². The summed E-state index contributed by atoms with van der Waals surface area (Å²) in [6.07, 6.45) is 4.78. The average Bonchev–Trinajstić information content (AvgIpc) is 3.08. The van der Waals surface area contributed by atoms with Gasteiger partial charge in [-0.05, 0) is 31.5 Å². The fourth-order valence-corrected chi connectivity index (χ4v) is 4.01. The molecule has 1 unspecified atom stereocenters. The summed E-state index contributed by atoms with van der Waals surface area (Å²) in [6, 6.07) is 7.30. The van der Waals surface area contributed by atoms with Gasteiger partial charge in [-0.3, -0.25) is 9.67 Å². The quantitative estimate of drug-likeness (QED) is 0.739. The number of urea groups is 1. The highest BCUT2D eigenvalue weighted by Crippen LogP contribution is 2.25. The predicted octanol–water partition coefficient (Wildman–Crippen LogP) is 3.09. The molecule has 1 aliphatic heterocycles. The molecule has 8 heteroatoms. The summed E-state index contributed by atoms with van der Waals surface area (Å²) in [4.78, 5) is 20.5. The summed E-state index contributed by atoms with van der Waals surface area (Å²) in [5.41, 5.74) is 2.48. The molecular formula is C21H25FN6O. The minimum absolute atomic E-state index is 0.0438. The third kappa shape index (κ3) is 3.74. The molecule has 1 fully saturated rings. The Bertz CT molecular complexity index is 1030. The van der Waals surface area contributed by atoms with E-state index < -0.39 is 0 Å². The van der Waals surface area contributed by atoms with E-state index in [1.807, 2.05) is 55.1 Å². The smallest absolute Gasteiger partial charge is 0.318 e. The summed E-state index contributed by atoms with van der Waals surface area (Å²) >= 11 is 0. The molecule has 3 aromatic rings. The van der Waals surface area contributed by atoms with E-state index in [4.69, 9.17) is 0 Å². The number of rotatable bonds is 3. The fraction of sp³-hybridized carbons (Fsp3) is 0.381. The molecule has 29 heavy (non-hydrogen) atoms. The Hall–Kier alpha value is -3.16. The van der Waals surface area contributed by atoms with Crippen LogP contribution in [0.15, 0.2) is 42.9 Å². The first-order valence-corrected chi connectivity index (χ1v) is 9.78. The number of hydrogen-bond acceptors (Lipinski definition) is 4. The van der Waals surface area contributed by atoms with Crippen molar-refractivity contribution < 1.29 is 9.18 Å². The molecule has 2 atom stereocenters. The van der Waals surface area contributed by atoms with E-state index >= 15 is 0 Å². The zero-order valence-corrected chi connectivity index (χ0v) is 16.8. The Balaban J connectivity index is 1.44. The minimum atomic E-state index is -0.337. The van der Waals surface area contributed by atoms with Crippen LogP contribution in [0.4, 0.5) is 14.9 Å². The van der Waals surface area contributed by atoms with Crippen LogP contribution in [0.3, 0.4) is 0 Å². The number of hydrogen-bond donors (Lipinski definition) is 1. The number of benzene rings is 1. The number of nitrogens with one attached hydrogen (secondary N) is 1. The summed E-state index contributed by atoms with van der Waals surface area (Å²) in [5, 5.41) is 8.58. The van der Waals surface area contributed by atoms with E-state index in [1.54, 1.807) is 16.9 Å². The molecule has 7 nitrogen and oxygen atoms in total. The highest BCUT2D eigenvalue weighted by molar-refractivity contribution is 5.83. The molecule has 2 aromatic heterocycles. The zero-order valence-electron chi connectivity index (χ0n) is 16.8. The lowest BCUT2D eigenvalue weighted by atomic mass is 10.0. The summed E-state index contributed by atoms with van der Waals surface area (Å²) < 4.78 is 15.8. The molecule has 0 radical (unpaired) electrons. The van der Waals surface area contributed by atoms with Gasteiger partial charge in [0.05, 0.1) is 23.4 Å². The van der Waals surface area contributed by atoms with Crippen molar-refractivity contribution in [1.29, 1.82) is 0 Å². The van der Waals surface area contributed by atoms with Gasteiger partial charge < -0.3 is 15.1 Å². The number of pyridine rings is 1. The standard InChI is InChI=1S/C21H25FN6O/c1-14-12-27(20-7-8-23-11-18(20)22)9-10-28(14)21(29)24-15(2)16-5-4-6-19-17(16)13-26(3)25-19/h4-8,11,13-15H,9-10,12H2,1-3H3,(H,24,29)/t14-,15?/m1/s1. The lowest BCUT2D eigenvalue weighted by molar-refractivity contribution is 0.168. The molecular weight excluding hydrogens is 371 g/mol. The van der Waals surface area contributed by atoms with Crippen LogP contribution in [0.25, 0.3) is 10.9 Å². The van der Waals surface area contributed by atoms with Gasteiger partial charge in [0.25, 0.3) is 0 Å². The number of aromatic nitrogens is 3. The van der Waals surface area contributed by atoms with Gasteiger partial charge in [-0.1, -0.05) is 12.1 Å².